The van der Waals surface area contributed by atoms with E-state index < -0.39 is 8.25 Å². The largest absolute Gasteiger partial charge is 0.558 e. The van der Waals surface area contributed by atoms with Crippen LogP contribution in [0.3, 0.4) is 0 Å². The second-order valence-corrected chi connectivity index (χ2v) is 5.54. The maximum Gasteiger partial charge on any atom is 0.539 e. The van der Waals surface area contributed by atoms with Gasteiger partial charge in [0.1, 0.15) is 0 Å². The zero-order chi connectivity index (χ0) is 15.6. The summed E-state index contributed by atoms with van der Waals surface area (Å²) in [4.78, 5) is 23.5. The second kappa shape index (κ2) is 6.17. The van der Waals surface area contributed by atoms with Crippen molar-refractivity contribution in [2.45, 2.75) is 20.8 Å². The smallest absolute Gasteiger partial charge is 0.539 e. The molecule has 0 spiro atoms. The third-order valence-corrected chi connectivity index (χ3v) is 3.55. The quantitative estimate of drug-likeness (QED) is 0.642. The van der Waals surface area contributed by atoms with Crippen LogP contribution < -0.4 is 9.42 Å². The van der Waals surface area contributed by atoms with Crippen molar-refractivity contribution in [1.82, 2.24) is 0 Å². The lowest BCUT2D eigenvalue weighted by molar-refractivity contribution is -0.178. The van der Waals surface area contributed by atoms with Gasteiger partial charge >= 0.3 is 8.25 Å². The van der Waals surface area contributed by atoms with Gasteiger partial charge in [-0.3, -0.25) is 9.32 Å². The molecule has 0 N–H and O–H groups in total. The summed E-state index contributed by atoms with van der Waals surface area (Å²) < 4.78 is 15.5. The van der Waals surface area contributed by atoms with E-state index in [1.54, 1.807) is 18.2 Å². The average molecular weight is 302 g/mol. The van der Waals surface area contributed by atoms with Crippen molar-refractivity contribution in [1.29, 1.82) is 0 Å². The van der Waals surface area contributed by atoms with E-state index in [9.17, 15) is 14.3 Å². The van der Waals surface area contributed by atoms with Crippen molar-refractivity contribution < 1.29 is 18.8 Å². The first-order valence-corrected chi connectivity index (χ1v) is 7.53. The summed E-state index contributed by atoms with van der Waals surface area (Å²) in [7, 11) is -3.06. The molecule has 0 aromatic heterocycles. The van der Waals surface area contributed by atoms with E-state index >= 15 is 0 Å². The van der Waals surface area contributed by atoms with Crippen LogP contribution in [-0.4, -0.2) is 5.78 Å². The van der Waals surface area contributed by atoms with Crippen molar-refractivity contribution in [2.24, 2.45) is 0 Å². The fourth-order valence-electron chi connectivity index (χ4n) is 2.49. The molecule has 2 aromatic carbocycles. The molecule has 0 saturated heterocycles. The van der Waals surface area contributed by atoms with E-state index in [0.717, 1.165) is 16.7 Å². The van der Waals surface area contributed by atoms with Crippen LogP contribution in [0.25, 0.3) is 0 Å². The third kappa shape index (κ3) is 3.35. The maximum atomic E-state index is 12.7. The molecule has 1 atom stereocenters. The summed E-state index contributed by atoms with van der Waals surface area (Å²) in [5.41, 5.74) is 3.62. The van der Waals surface area contributed by atoms with Crippen LogP contribution in [0.4, 0.5) is 0 Å². The van der Waals surface area contributed by atoms with Crippen LogP contribution in [-0.2, 0) is 4.57 Å². The fraction of sp³-hybridized carbons (Fsp3) is 0.188. The molecule has 0 aliphatic carbocycles. The van der Waals surface area contributed by atoms with Crippen LogP contribution >= 0.6 is 8.25 Å². The molecule has 4 nitrogen and oxygen atoms in total. The van der Waals surface area contributed by atoms with Gasteiger partial charge in [-0.1, -0.05) is 29.8 Å². The minimum absolute atomic E-state index is 0.0537. The van der Waals surface area contributed by atoms with Gasteiger partial charge in [-0.2, -0.15) is 0 Å². The van der Waals surface area contributed by atoms with Crippen molar-refractivity contribution in [3.05, 3.63) is 64.2 Å². The van der Waals surface area contributed by atoms with E-state index in [0.29, 0.717) is 5.56 Å². The Hall–Kier alpha value is -2.03. The summed E-state index contributed by atoms with van der Waals surface area (Å²) in [5.74, 6) is -0.185. The van der Waals surface area contributed by atoms with Crippen LogP contribution in [0.1, 0.15) is 32.6 Å². The Labute approximate surface area is 124 Å². The van der Waals surface area contributed by atoms with Gasteiger partial charge in [-0.15, -0.1) is 0 Å². The first-order chi connectivity index (χ1) is 9.90. The van der Waals surface area contributed by atoms with E-state index in [-0.39, 0.29) is 17.1 Å². The minimum Gasteiger partial charge on any atom is -0.558 e. The molecular weight excluding hydrogens is 287 g/mol. The molecule has 0 fully saturated rings. The highest BCUT2D eigenvalue weighted by atomic mass is 31.1. The predicted octanol–water partition coefficient (Wildman–Crippen LogP) is 3.24. The van der Waals surface area contributed by atoms with Gasteiger partial charge < -0.3 is 4.89 Å². The molecule has 0 aliphatic rings. The number of aryl methyl sites for hydroxylation is 3. The van der Waals surface area contributed by atoms with Crippen LogP contribution in [0.2, 0.25) is 0 Å². The summed E-state index contributed by atoms with van der Waals surface area (Å²) in [5, 5.41) is 0. The van der Waals surface area contributed by atoms with E-state index in [1.807, 2.05) is 32.9 Å². The van der Waals surface area contributed by atoms with Crippen molar-refractivity contribution >= 4 is 14.0 Å². The van der Waals surface area contributed by atoms with E-state index in [1.165, 1.54) is 6.07 Å². The number of hydrogen-bond donors (Lipinski definition) is 0. The molecule has 2 rings (SSSR count). The third-order valence-electron chi connectivity index (χ3n) is 3.21. The van der Waals surface area contributed by atoms with Gasteiger partial charge in [0.15, 0.2) is 11.5 Å². The lowest BCUT2D eigenvalue weighted by Gasteiger charge is -2.11. The number of benzene rings is 2. The highest BCUT2D eigenvalue weighted by Gasteiger charge is 2.21. The first-order valence-electron chi connectivity index (χ1n) is 6.44. The van der Waals surface area contributed by atoms with Crippen LogP contribution in [0, 0.1) is 20.8 Å². The molecule has 0 bridgehead atoms. The number of hydrogen-bond acceptors (Lipinski definition) is 4. The van der Waals surface area contributed by atoms with Gasteiger partial charge in [-0.25, -0.2) is 0 Å². The topological polar surface area (TPSA) is 66.4 Å². The lowest BCUT2D eigenvalue weighted by atomic mass is 9.93. The van der Waals surface area contributed by atoms with Crippen molar-refractivity contribution in [3.8, 4) is 5.75 Å². The molecule has 5 heteroatoms. The predicted molar refractivity (Wildman–Crippen MR) is 78.8 cm³/mol. The van der Waals surface area contributed by atoms with Gasteiger partial charge in [0.05, 0.1) is 5.56 Å². The zero-order valence-corrected chi connectivity index (χ0v) is 12.9. The zero-order valence-electron chi connectivity index (χ0n) is 12.0. The Morgan fingerprint density at radius 2 is 1.67 bits per heavy atom. The highest BCUT2D eigenvalue weighted by molar-refractivity contribution is 7.31. The summed E-state index contributed by atoms with van der Waals surface area (Å²) in [6.07, 6.45) is 0. The lowest BCUT2D eigenvalue weighted by Crippen LogP contribution is -2.08. The van der Waals surface area contributed by atoms with Crippen molar-refractivity contribution in [3.63, 3.8) is 0 Å². The monoisotopic (exact) mass is 302 g/mol. The average Bonchev–Trinajstić information content (AvgIpc) is 2.37. The van der Waals surface area contributed by atoms with Gasteiger partial charge in [-0.05, 0) is 48.6 Å². The first kappa shape index (κ1) is 15.4. The molecule has 0 radical (unpaired) electrons. The van der Waals surface area contributed by atoms with Gasteiger partial charge in [0.2, 0.25) is 0 Å². The molecule has 0 heterocycles. The molecule has 21 heavy (non-hydrogen) atoms. The van der Waals surface area contributed by atoms with Gasteiger partial charge in [0.25, 0.3) is 0 Å². The number of rotatable bonds is 4. The SMILES string of the molecule is Cc1cc(C)c(C(=O)c2ccccc2O[P+](=O)[O-])c(C)c1. The molecule has 2 aromatic rings. The Morgan fingerprint density at radius 1 is 1.10 bits per heavy atom. The molecular formula is C16H15O4P. The Morgan fingerprint density at radius 3 is 2.24 bits per heavy atom. The Balaban J connectivity index is 2.53. The van der Waals surface area contributed by atoms with Crippen LogP contribution in [0.15, 0.2) is 36.4 Å². The summed E-state index contributed by atoms with van der Waals surface area (Å²) in [6.45, 7) is 5.70. The van der Waals surface area contributed by atoms with E-state index in [2.05, 4.69) is 0 Å². The number of ketones is 1. The molecule has 0 amide bonds. The Kier molecular flexibility index (Phi) is 4.51. The van der Waals surface area contributed by atoms with Gasteiger partial charge in [0, 0.05) is 5.56 Å². The standard InChI is InChI=1S/C16H15O4P/c1-10-8-11(2)15(12(3)9-10)16(17)13-6-4-5-7-14(13)20-21(18)19/h4-9H,1-3H3. The number of para-hydroxylation sites is 1. The maximum absolute atomic E-state index is 12.7. The minimum atomic E-state index is -3.06. The molecule has 0 saturated carbocycles. The normalized spacial score (nSPS) is 11.1. The molecule has 108 valence electrons. The molecule has 0 aliphatic heterocycles. The second-order valence-electron chi connectivity index (χ2n) is 4.91. The fourth-order valence-corrected chi connectivity index (χ4v) is 2.81. The number of carbonyl (C=O) groups excluding carboxylic acids is 1. The number of carbonyl (C=O) groups is 1. The summed E-state index contributed by atoms with van der Waals surface area (Å²) in [6, 6.07) is 10.2. The summed E-state index contributed by atoms with van der Waals surface area (Å²) >= 11 is 0. The van der Waals surface area contributed by atoms with Crippen LogP contribution in [0.5, 0.6) is 5.75 Å². The highest BCUT2D eigenvalue weighted by Crippen LogP contribution is 2.29. The van der Waals surface area contributed by atoms with Crippen molar-refractivity contribution in [2.75, 3.05) is 0 Å². The Bertz CT molecular complexity index is 699. The van der Waals surface area contributed by atoms with E-state index in [4.69, 9.17) is 4.52 Å². The molecule has 1 unspecified atom stereocenters.